The van der Waals surface area contributed by atoms with Gasteiger partial charge in [-0.25, -0.2) is 0 Å². The Morgan fingerprint density at radius 1 is 1.30 bits per heavy atom. The minimum atomic E-state index is -0.484. The molecule has 0 N–H and O–H groups in total. The largest absolute Gasteiger partial charge is 0.490 e. The average Bonchev–Trinajstić information content (AvgIpc) is 3.20. The van der Waals surface area contributed by atoms with Crippen LogP contribution < -0.4 is 9.47 Å². The van der Waals surface area contributed by atoms with E-state index in [1.54, 1.807) is 6.92 Å². The van der Waals surface area contributed by atoms with Gasteiger partial charge in [0.1, 0.15) is 0 Å². The van der Waals surface area contributed by atoms with Crippen molar-refractivity contribution in [2.75, 3.05) is 13.2 Å². The Bertz CT molecular complexity index is 489. The van der Waals surface area contributed by atoms with Crippen LogP contribution in [0.15, 0.2) is 18.2 Å². The van der Waals surface area contributed by atoms with Crippen LogP contribution in [0.2, 0.25) is 0 Å². The fraction of sp³-hybridized carbons (Fsp3) is 0.600. The van der Waals surface area contributed by atoms with Crippen LogP contribution in [-0.2, 0) is 0 Å². The molecule has 110 valence electrons. The zero-order chi connectivity index (χ0) is 14.7. The maximum Gasteiger partial charge on any atom is 0.213 e. The second-order valence-electron chi connectivity index (χ2n) is 5.10. The molecule has 0 aliphatic heterocycles. The molecule has 1 aromatic carbocycles. The van der Waals surface area contributed by atoms with Crippen LogP contribution in [0.3, 0.4) is 0 Å². The molecule has 1 aliphatic carbocycles. The van der Waals surface area contributed by atoms with E-state index in [0.29, 0.717) is 13.2 Å². The zero-order valence-corrected chi connectivity index (χ0v) is 12.2. The molecule has 20 heavy (non-hydrogen) atoms. The number of rotatable bonds is 7. The highest BCUT2D eigenvalue weighted by Crippen LogP contribution is 2.51. The van der Waals surface area contributed by atoms with Crippen LogP contribution in [0.1, 0.15) is 38.7 Å². The van der Waals surface area contributed by atoms with Crippen LogP contribution in [0.4, 0.5) is 0 Å². The Morgan fingerprint density at radius 2 is 1.95 bits per heavy atom. The summed E-state index contributed by atoms with van der Waals surface area (Å²) in [6, 6.07) is 5.37. The molecule has 1 aromatic rings. The smallest absolute Gasteiger partial charge is 0.213 e. The standard InChI is InChI=1S/C15H21NO4/c1-4-19-14-7-6-11(8-15(14)20-5-2)13-9-12(13)10(3)16(17)18/h6-8,10,12-13H,4-5,9H2,1-3H3. The normalized spacial score (nSPS) is 22.1. The van der Waals surface area contributed by atoms with Gasteiger partial charge >= 0.3 is 0 Å². The predicted octanol–water partition coefficient (Wildman–Crippen LogP) is 3.25. The molecule has 0 heterocycles. The Labute approximate surface area is 119 Å². The van der Waals surface area contributed by atoms with E-state index in [4.69, 9.17) is 9.47 Å². The van der Waals surface area contributed by atoms with E-state index >= 15 is 0 Å². The zero-order valence-electron chi connectivity index (χ0n) is 12.2. The third-order valence-corrected chi connectivity index (χ3v) is 3.79. The van der Waals surface area contributed by atoms with Gasteiger partial charge in [0.15, 0.2) is 11.5 Å². The maximum absolute atomic E-state index is 10.8. The molecular formula is C15H21NO4. The molecule has 1 saturated carbocycles. The van der Waals surface area contributed by atoms with Crippen LogP contribution >= 0.6 is 0 Å². The first-order valence-electron chi connectivity index (χ1n) is 7.11. The van der Waals surface area contributed by atoms with Gasteiger partial charge in [0.2, 0.25) is 6.04 Å². The van der Waals surface area contributed by atoms with E-state index in [1.807, 2.05) is 32.0 Å². The Hall–Kier alpha value is -1.78. The summed E-state index contributed by atoms with van der Waals surface area (Å²) < 4.78 is 11.1. The van der Waals surface area contributed by atoms with Gasteiger partial charge in [-0.05, 0) is 43.9 Å². The Morgan fingerprint density at radius 3 is 2.55 bits per heavy atom. The summed E-state index contributed by atoms with van der Waals surface area (Å²) in [5.41, 5.74) is 1.11. The fourth-order valence-electron chi connectivity index (χ4n) is 2.59. The van der Waals surface area contributed by atoms with E-state index in [1.165, 1.54) is 0 Å². The van der Waals surface area contributed by atoms with Gasteiger partial charge in [0.25, 0.3) is 0 Å². The third-order valence-electron chi connectivity index (χ3n) is 3.79. The van der Waals surface area contributed by atoms with Crippen LogP contribution in [0.5, 0.6) is 11.5 Å². The molecule has 2 rings (SSSR count). The van der Waals surface area contributed by atoms with Crippen molar-refractivity contribution in [3.05, 3.63) is 33.9 Å². The van der Waals surface area contributed by atoms with Gasteiger partial charge in [-0.1, -0.05) is 6.07 Å². The summed E-state index contributed by atoms with van der Waals surface area (Å²) in [5, 5.41) is 10.8. The predicted molar refractivity (Wildman–Crippen MR) is 76.1 cm³/mol. The molecule has 3 unspecified atom stereocenters. The lowest BCUT2D eigenvalue weighted by Gasteiger charge is -2.12. The Kier molecular flexibility index (Phi) is 4.47. The first-order valence-corrected chi connectivity index (χ1v) is 7.11. The molecule has 5 heteroatoms. The number of hydrogen-bond donors (Lipinski definition) is 0. The molecule has 0 spiro atoms. The maximum atomic E-state index is 10.8. The van der Waals surface area contributed by atoms with Gasteiger partial charge < -0.3 is 9.47 Å². The van der Waals surface area contributed by atoms with Gasteiger partial charge in [-0.3, -0.25) is 10.1 Å². The molecule has 5 nitrogen and oxygen atoms in total. The van der Waals surface area contributed by atoms with Crippen molar-refractivity contribution in [2.45, 2.75) is 39.2 Å². The summed E-state index contributed by atoms with van der Waals surface area (Å²) in [6.45, 7) is 6.70. The first kappa shape index (κ1) is 14.6. The van der Waals surface area contributed by atoms with Crippen LogP contribution in [-0.4, -0.2) is 24.2 Å². The first-order chi connectivity index (χ1) is 9.58. The molecule has 0 amide bonds. The van der Waals surface area contributed by atoms with Crippen molar-refractivity contribution in [3.63, 3.8) is 0 Å². The van der Waals surface area contributed by atoms with E-state index in [-0.39, 0.29) is 16.8 Å². The van der Waals surface area contributed by atoms with E-state index < -0.39 is 6.04 Å². The fourth-order valence-corrected chi connectivity index (χ4v) is 2.59. The molecule has 1 aliphatic rings. The van der Waals surface area contributed by atoms with Gasteiger partial charge in [0.05, 0.1) is 13.2 Å². The molecule has 0 radical (unpaired) electrons. The Balaban J connectivity index is 2.14. The van der Waals surface area contributed by atoms with Gasteiger partial charge in [-0.15, -0.1) is 0 Å². The molecular weight excluding hydrogens is 258 g/mol. The van der Waals surface area contributed by atoms with E-state index in [0.717, 1.165) is 23.5 Å². The van der Waals surface area contributed by atoms with Crippen molar-refractivity contribution in [3.8, 4) is 11.5 Å². The number of nitrogens with zero attached hydrogens (tertiary/aromatic N) is 1. The molecule has 0 bridgehead atoms. The number of ether oxygens (including phenoxy) is 2. The van der Waals surface area contributed by atoms with E-state index in [2.05, 4.69) is 0 Å². The van der Waals surface area contributed by atoms with Crippen molar-refractivity contribution >= 4 is 0 Å². The number of nitro groups is 1. The lowest BCUT2D eigenvalue weighted by Crippen LogP contribution is -2.17. The monoisotopic (exact) mass is 279 g/mol. The van der Waals surface area contributed by atoms with Gasteiger partial charge in [0, 0.05) is 17.8 Å². The second kappa shape index (κ2) is 6.11. The van der Waals surface area contributed by atoms with Gasteiger partial charge in [-0.2, -0.15) is 0 Å². The summed E-state index contributed by atoms with van der Waals surface area (Å²) in [7, 11) is 0. The summed E-state index contributed by atoms with van der Waals surface area (Å²) >= 11 is 0. The average molecular weight is 279 g/mol. The van der Waals surface area contributed by atoms with Crippen molar-refractivity contribution in [1.82, 2.24) is 0 Å². The van der Waals surface area contributed by atoms with E-state index in [9.17, 15) is 10.1 Å². The molecule has 0 aromatic heterocycles. The highest BCUT2D eigenvalue weighted by atomic mass is 16.6. The summed E-state index contributed by atoms with van der Waals surface area (Å²) in [4.78, 5) is 10.6. The SMILES string of the molecule is CCOc1ccc(C2CC2C(C)[N+](=O)[O-])cc1OCC. The summed E-state index contributed by atoms with van der Waals surface area (Å²) in [5.74, 6) is 1.87. The highest BCUT2D eigenvalue weighted by Gasteiger charge is 2.47. The summed E-state index contributed by atoms with van der Waals surface area (Å²) in [6.07, 6.45) is 0.877. The highest BCUT2D eigenvalue weighted by molar-refractivity contribution is 5.45. The van der Waals surface area contributed by atoms with Crippen molar-refractivity contribution < 1.29 is 14.4 Å². The minimum absolute atomic E-state index is 0.137. The molecule has 1 fully saturated rings. The number of hydrogen-bond acceptors (Lipinski definition) is 4. The third kappa shape index (κ3) is 3.03. The molecule has 3 atom stereocenters. The second-order valence-corrected chi connectivity index (χ2v) is 5.10. The van der Waals surface area contributed by atoms with Crippen LogP contribution in [0.25, 0.3) is 0 Å². The quantitative estimate of drug-likeness (QED) is 0.567. The minimum Gasteiger partial charge on any atom is -0.490 e. The lowest BCUT2D eigenvalue weighted by atomic mass is 10.1. The topological polar surface area (TPSA) is 61.6 Å². The van der Waals surface area contributed by atoms with Crippen molar-refractivity contribution in [2.24, 2.45) is 5.92 Å². The lowest BCUT2D eigenvalue weighted by molar-refractivity contribution is -0.522. The van der Waals surface area contributed by atoms with Crippen LogP contribution in [0, 0.1) is 16.0 Å². The van der Waals surface area contributed by atoms with Crippen molar-refractivity contribution in [1.29, 1.82) is 0 Å². The number of benzene rings is 1. The molecule has 0 saturated heterocycles.